The van der Waals surface area contributed by atoms with E-state index in [2.05, 4.69) is 0 Å². The Kier molecular flexibility index (Phi) is 1.62. The number of aryl methyl sites for hydroxylation is 1. The number of hydrogen-bond donors (Lipinski definition) is 2. The zero-order chi connectivity index (χ0) is 25.9. The molecule has 5 nitrogen and oxygen atoms in total. The molecule has 1 heterocycles. The summed E-state index contributed by atoms with van der Waals surface area (Å²) in [5, 5.41) is -0.246. The first-order valence-electron chi connectivity index (χ1n) is 11.9. The van der Waals surface area contributed by atoms with Crippen LogP contribution in [0.2, 0.25) is 2.82 Å². The van der Waals surface area contributed by atoms with Gasteiger partial charge in [0.25, 0.3) is 0 Å². The van der Waals surface area contributed by atoms with Crippen molar-refractivity contribution in [2.24, 2.45) is 0 Å². The van der Waals surface area contributed by atoms with Crippen molar-refractivity contribution in [2.45, 2.75) is 12.2 Å². The number of likely N-dealkylation sites (N-methyl/N-ethyl adjacent to an activating group) is 1. The molecule has 1 aromatic heterocycles. The third-order valence-electron chi connectivity index (χ3n) is 2.49. The first-order chi connectivity index (χ1) is 14.6. The average molecular weight is 308 g/mol. The molecule has 0 atom stereocenters. The Labute approximate surface area is 138 Å². The molecule has 0 spiro atoms. The van der Waals surface area contributed by atoms with Crippen LogP contribution in [0.1, 0.15) is 26.2 Å². The second-order valence-corrected chi connectivity index (χ2v) is 5.71. The standard InChI is InChI=1S/C14H21N3O2S/c1-15-20(18,19)10-11-4-5-14-13(8-11)12(9-16-14)6-7-17(2)3/h4-5,8-9,15-16H,6-7,10H2,1-3H3/i1D3,2D3,4D,5D,7D2,8D/hD2. The van der Waals surface area contributed by atoms with E-state index >= 15 is 0 Å². The second-order valence-electron chi connectivity index (χ2n) is 4.07. The van der Waals surface area contributed by atoms with Gasteiger partial charge in [-0.05, 0) is 50.6 Å². The summed E-state index contributed by atoms with van der Waals surface area (Å²) in [6.07, 6.45) is 0.377. The fourth-order valence-electron chi connectivity index (χ4n) is 1.60. The molecule has 0 bridgehead atoms. The SMILES string of the molecule is [2H]c1c(CS(=O)(=O)N([2H])C([2H])([2H])[2H])c([2H])c2c(CC([2H])([2H])N(C)C([2H])([2H])[2H])cn([2H])c2c1[2H]. The number of fused-ring (bicyclic) bond motifs is 1. The molecule has 0 saturated heterocycles. The Bertz CT molecular complexity index is 1170. The minimum atomic E-state index is -4.87. The van der Waals surface area contributed by atoms with Crippen molar-refractivity contribution < 1.29 is 26.3 Å². The van der Waals surface area contributed by atoms with Crippen molar-refractivity contribution in [1.82, 2.24) is 14.6 Å². The topological polar surface area (TPSA) is 65.2 Å². The lowest BCUT2D eigenvalue weighted by Gasteiger charge is -2.08. The van der Waals surface area contributed by atoms with Gasteiger partial charge in [-0.1, -0.05) is 6.04 Å². The van der Waals surface area contributed by atoms with Gasteiger partial charge in [0, 0.05) is 34.6 Å². The third kappa shape index (κ3) is 3.59. The maximum absolute atomic E-state index is 12.4. The number of nitrogens with one attached hydrogen (secondary N) is 2. The van der Waals surface area contributed by atoms with Gasteiger partial charge in [0.1, 0.15) is 1.41 Å². The number of aromatic nitrogens is 1. The predicted molar refractivity (Wildman–Crippen MR) is 82.2 cm³/mol. The molecule has 2 rings (SSSR count). The molecule has 0 unspecified atom stereocenters. The Hall–Kier alpha value is -1.37. The van der Waals surface area contributed by atoms with Crippen LogP contribution in [0.15, 0.2) is 24.3 Å². The van der Waals surface area contributed by atoms with Crippen LogP contribution in [0.5, 0.6) is 0 Å². The quantitative estimate of drug-likeness (QED) is 0.846. The maximum atomic E-state index is 12.4. The molecule has 20 heavy (non-hydrogen) atoms. The molecule has 2 aromatic rings. The average Bonchev–Trinajstić information content (AvgIpc) is 2.95. The fraction of sp³-hybridized carbons (Fsp3) is 0.429. The molecule has 1 aromatic carbocycles. The van der Waals surface area contributed by atoms with Crippen LogP contribution in [0.3, 0.4) is 0 Å². The van der Waals surface area contributed by atoms with E-state index in [0.717, 1.165) is 13.2 Å². The van der Waals surface area contributed by atoms with E-state index in [0.29, 0.717) is 9.88 Å². The normalized spacial score (nSPS) is 24.1. The van der Waals surface area contributed by atoms with Crippen LogP contribution in [0, 0.1) is 0 Å². The van der Waals surface area contributed by atoms with Crippen LogP contribution in [0.4, 0.5) is 0 Å². The van der Waals surface area contributed by atoms with Gasteiger partial charge < -0.3 is 9.88 Å². The molecule has 0 saturated carbocycles. The van der Waals surface area contributed by atoms with E-state index in [1.165, 1.54) is 0 Å². The highest BCUT2D eigenvalue weighted by Crippen LogP contribution is 2.21. The first-order valence-corrected chi connectivity index (χ1v) is 7.11. The highest BCUT2D eigenvalue weighted by molar-refractivity contribution is 7.88. The summed E-state index contributed by atoms with van der Waals surface area (Å²) in [6, 6.07) is -2.10. The van der Waals surface area contributed by atoms with Gasteiger partial charge in [-0.25, -0.2) is 13.1 Å². The van der Waals surface area contributed by atoms with Crippen molar-refractivity contribution in [2.75, 3.05) is 27.5 Å². The van der Waals surface area contributed by atoms with Crippen molar-refractivity contribution in [1.29, 1.82) is 0 Å². The van der Waals surface area contributed by atoms with Gasteiger partial charge in [0.05, 0.1) is 9.87 Å². The summed E-state index contributed by atoms with van der Waals surface area (Å²) in [5.41, 5.74) is -0.991. The van der Waals surface area contributed by atoms with E-state index in [1.807, 2.05) is 0 Å². The highest BCUT2D eigenvalue weighted by atomic mass is 32.2. The van der Waals surface area contributed by atoms with Gasteiger partial charge >= 0.3 is 0 Å². The molecular formula is C14H21N3O2S. The lowest BCUT2D eigenvalue weighted by atomic mass is 10.1. The number of H-pyrrole nitrogens is 1. The van der Waals surface area contributed by atoms with Crippen LogP contribution in [-0.4, -0.2) is 45.8 Å². The van der Waals surface area contributed by atoms with Gasteiger partial charge in [0.15, 0.2) is 1.41 Å². The minimum absolute atomic E-state index is 0.0863. The van der Waals surface area contributed by atoms with Crippen LogP contribution >= 0.6 is 0 Å². The highest BCUT2D eigenvalue weighted by Gasteiger charge is 2.11. The van der Waals surface area contributed by atoms with E-state index in [4.69, 9.17) is 17.9 Å². The third-order valence-corrected chi connectivity index (χ3v) is 3.42. The summed E-state index contributed by atoms with van der Waals surface area (Å²) in [4.78, 5) is 1.07. The van der Waals surface area contributed by atoms with Crippen molar-refractivity contribution >= 4 is 20.9 Å². The Balaban J connectivity index is 2.71. The molecule has 6 heteroatoms. The van der Waals surface area contributed by atoms with Crippen LogP contribution in [0.25, 0.3) is 10.9 Å². The lowest BCUT2D eigenvalue weighted by molar-refractivity contribution is 0.414. The van der Waals surface area contributed by atoms with E-state index in [1.54, 1.807) is 0 Å². The summed E-state index contributed by atoms with van der Waals surface area (Å²) in [5.74, 6) is -1.26. The molecule has 0 amide bonds. The molecule has 2 N–H and O–H groups in total. The summed E-state index contributed by atoms with van der Waals surface area (Å²) in [7, 11) is -3.86. The minimum Gasteiger partial charge on any atom is -0.361 e. The zero-order valence-corrected chi connectivity index (χ0v) is 11.4. The molecule has 0 radical (unpaired) electrons. The van der Waals surface area contributed by atoms with E-state index in [-0.39, 0.29) is 16.5 Å². The van der Waals surface area contributed by atoms with E-state index in [9.17, 15) is 8.42 Å². The maximum Gasteiger partial charge on any atom is 0.215 e. The summed E-state index contributed by atoms with van der Waals surface area (Å²) < 4.78 is 124. The number of sulfonamides is 1. The van der Waals surface area contributed by atoms with Crippen molar-refractivity contribution in [3.8, 4) is 0 Å². The first kappa shape index (κ1) is 5.44. The molecule has 0 fully saturated rings. The monoisotopic (exact) mass is 308 g/mol. The number of benzene rings is 1. The number of rotatable bonds is 6. The summed E-state index contributed by atoms with van der Waals surface area (Å²) >= 11 is 0. The molecule has 0 aliphatic carbocycles. The number of hydrogen-bond acceptors (Lipinski definition) is 3. The van der Waals surface area contributed by atoms with Crippen molar-refractivity contribution in [3.63, 3.8) is 0 Å². The van der Waals surface area contributed by atoms with Crippen molar-refractivity contribution in [3.05, 3.63) is 35.5 Å². The smallest absolute Gasteiger partial charge is 0.215 e. The fourth-order valence-corrected chi connectivity index (χ4v) is 2.17. The predicted octanol–water partition coefficient (Wildman–Crippen LogP) is 1.32. The van der Waals surface area contributed by atoms with E-state index < -0.39 is 71.1 Å². The zero-order valence-electron chi connectivity index (χ0n) is 23.6. The number of nitrogens with zero attached hydrogens (tertiary/aromatic N) is 1. The Morgan fingerprint density at radius 3 is 3.25 bits per heavy atom. The van der Waals surface area contributed by atoms with Gasteiger partial charge in [-0.3, -0.25) is 0 Å². The number of aromatic amines is 1. The molecule has 110 valence electrons. The van der Waals surface area contributed by atoms with Gasteiger partial charge in [-0.2, -0.15) is 0 Å². The lowest BCUT2D eigenvalue weighted by Crippen LogP contribution is -2.20. The van der Waals surface area contributed by atoms with Gasteiger partial charge in [-0.15, -0.1) is 0 Å². The Morgan fingerprint density at radius 2 is 2.50 bits per heavy atom. The van der Waals surface area contributed by atoms with Crippen LogP contribution < -0.4 is 4.72 Å². The molecular weight excluding hydrogens is 274 g/mol. The molecule has 0 aliphatic heterocycles. The molecule has 0 aliphatic rings. The van der Waals surface area contributed by atoms with Gasteiger partial charge in [0.2, 0.25) is 10.0 Å². The second kappa shape index (κ2) is 5.95. The largest absolute Gasteiger partial charge is 0.361 e. The van der Waals surface area contributed by atoms with Crippen LogP contribution in [-0.2, 0) is 22.2 Å². The summed E-state index contributed by atoms with van der Waals surface area (Å²) in [6.45, 7) is -8.66. The Morgan fingerprint density at radius 1 is 1.65 bits per heavy atom.